The molecule has 0 saturated heterocycles. The zero-order valence-electron chi connectivity index (χ0n) is 14.2. The average molecular weight is 333 g/mol. The van der Waals surface area contributed by atoms with Crippen LogP contribution in [-0.2, 0) is 17.9 Å². The molecule has 2 aromatic rings. The maximum atomic E-state index is 11.8. The van der Waals surface area contributed by atoms with Crippen LogP contribution in [0.4, 0.5) is 0 Å². The Hall–Kier alpha value is -2.61. The Bertz CT molecular complexity index is 657. The lowest BCUT2D eigenvalue weighted by Crippen LogP contribution is -2.33. The quantitative estimate of drug-likeness (QED) is 0.721. The van der Waals surface area contributed by atoms with Crippen molar-refractivity contribution in [1.82, 2.24) is 25.2 Å². The normalized spacial score (nSPS) is 10.7. The standard InChI is InChI=1S/C16H23N5O3/c1-20(2)9-8-17-16(22)11-21-10-13(18-19-21)12-24-15-7-5-4-6-14(15)23-3/h4-7,10H,8-9,11-12H2,1-3H3,(H,17,22). The van der Waals surface area contributed by atoms with Crippen molar-refractivity contribution >= 4 is 5.91 Å². The fourth-order valence-electron chi connectivity index (χ4n) is 1.99. The molecule has 0 unspecified atom stereocenters. The molecule has 1 amide bonds. The third-order valence-corrected chi connectivity index (χ3v) is 3.22. The largest absolute Gasteiger partial charge is 0.493 e. The minimum atomic E-state index is -0.0982. The Morgan fingerprint density at radius 2 is 2.04 bits per heavy atom. The van der Waals surface area contributed by atoms with Crippen LogP contribution in [0.2, 0.25) is 0 Å². The molecule has 24 heavy (non-hydrogen) atoms. The summed E-state index contributed by atoms with van der Waals surface area (Å²) in [5, 5.41) is 10.8. The van der Waals surface area contributed by atoms with Crippen LogP contribution >= 0.6 is 0 Å². The molecule has 2 rings (SSSR count). The lowest BCUT2D eigenvalue weighted by atomic mass is 10.3. The van der Waals surface area contributed by atoms with Crippen molar-refractivity contribution in [2.45, 2.75) is 13.2 Å². The van der Waals surface area contributed by atoms with Gasteiger partial charge in [0.05, 0.1) is 13.3 Å². The maximum absolute atomic E-state index is 11.8. The van der Waals surface area contributed by atoms with Gasteiger partial charge in [0.1, 0.15) is 18.8 Å². The molecule has 1 N–H and O–H groups in total. The molecule has 0 atom stereocenters. The van der Waals surface area contributed by atoms with Gasteiger partial charge in [0, 0.05) is 13.1 Å². The highest BCUT2D eigenvalue weighted by Gasteiger charge is 2.08. The maximum Gasteiger partial charge on any atom is 0.241 e. The molecule has 0 aliphatic rings. The van der Waals surface area contributed by atoms with Gasteiger partial charge < -0.3 is 19.7 Å². The summed E-state index contributed by atoms with van der Waals surface area (Å²) < 4.78 is 12.4. The second-order valence-electron chi connectivity index (χ2n) is 5.50. The third kappa shape index (κ3) is 5.54. The van der Waals surface area contributed by atoms with Crippen LogP contribution in [-0.4, -0.2) is 60.1 Å². The lowest BCUT2D eigenvalue weighted by molar-refractivity contribution is -0.121. The van der Waals surface area contributed by atoms with Gasteiger partial charge in [-0.25, -0.2) is 4.68 Å². The van der Waals surface area contributed by atoms with E-state index < -0.39 is 0 Å². The van der Waals surface area contributed by atoms with E-state index in [1.165, 1.54) is 4.68 Å². The highest BCUT2D eigenvalue weighted by molar-refractivity contribution is 5.75. The first-order valence-corrected chi connectivity index (χ1v) is 7.64. The van der Waals surface area contributed by atoms with E-state index in [4.69, 9.17) is 9.47 Å². The number of benzene rings is 1. The third-order valence-electron chi connectivity index (χ3n) is 3.22. The Kier molecular flexibility index (Phi) is 6.56. The zero-order valence-corrected chi connectivity index (χ0v) is 14.2. The van der Waals surface area contributed by atoms with Crippen molar-refractivity contribution in [3.05, 3.63) is 36.2 Å². The molecule has 0 radical (unpaired) electrons. The minimum Gasteiger partial charge on any atom is -0.493 e. The first kappa shape index (κ1) is 17.7. The van der Waals surface area contributed by atoms with Gasteiger partial charge in [-0.2, -0.15) is 0 Å². The van der Waals surface area contributed by atoms with E-state index in [0.29, 0.717) is 23.7 Å². The number of carbonyl (C=O) groups excluding carboxylic acids is 1. The van der Waals surface area contributed by atoms with E-state index in [0.717, 1.165) is 6.54 Å². The minimum absolute atomic E-state index is 0.0982. The molecule has 8 heteroatoms. The van der Waals surface area contributed by atoms with Gasteiger partial charge in [0.25, 0.3) is 0 Å². The van der Waals surface area contributed by atoms with Gasteiger partial charge in [-0.1, -0.05) is 17.3 Å². The summed E-state index contributed by atoms with van der Waals surface area (Å²) in [6.07, 6.45) is 1.70. The lowest BCUT2D eigenvalue weighted by Gasteiger charge is -2.10. The summed E-state index contributed by atoms with van der Waals surface area (Å²) in [5.74, 6) is 1.19. The van der Waals surface area contributed by atoms with Crippen molar-refractivity contribution in [1.29, 1.82) is 0 Å². The van der Waals surface area contributed by atoms with Gasteiger partial charge in [-0.3, -0.25) is 4.79 Å². The van der Waals surface area contributed by atoms with Crippen LogP contribution in [0.25, 0.3) is 0 Å². The SMILES string of the molecule is COc1ccccc1OCc1cn(CC(=O)NCCN(C)C)nn1. The molecular formula is C16H23N5O3. The summed E-state index contributed by atoms with van der Waals surface area (Å²) in [6.45, 7) is 1.78. The number of ether oxygens (including phenoxy) is 2. The van der Waals surface area contributed by atoms with E-state index in [1.807, 2.05) is 43.3 Å². The Balaban J connectivity index is 1.81. The molecule has 8 nitrogen and oxygen atoms in total. The summed E-state index contributed by atoms with van der Waals surface area (Å²) in [4.78, 5) is 13.8. The predicted molar refractivity (Wildman–Crippen MR) is 88.9 cm³/mol. The monoisotopic (exact) mass is 333 g/mol. The number of rotatable bonds is 9. The average Bonchev–Trinajstić information content (AvgIpc) is 3.00. The van der Waals surface area contributed by atoms with Crippen molar-refractivity contribution in [2.24, 2.45) is 0 Å². The summed E-state index contributed by atoms with van der Waals surface area (Å²) in [5.41, 5.74) is 0.641. The molecule has 1 aromatic heterocycles. The van der Waals surface area contributed by atoms with Crippen LogP contribution in [0.5, 0.6) is 11.5 Å². The van der Waals surface area contributed by atoms with Gasteiger partial charge in [-0.05, 0) is 26.2 Å². The zero-order chi connectivity index (χ0) is 17.4. The van der Waals surface area contributed by atoms with Gasteiger partial charge in [0.15, 0.2) is 11.5 Å². The Labute approximate surface area is 141 Å². The molecule has 1 aromatic carbocycles. The van der Waals surface area contributed by atoms with Crippen molar-refractivity contribution < 1.29 is 14.3 Å². The second-order valence-corrected chi connectivity index (χ2v) is 5.50. The smallest absolute Gasteiger partial charge is 0.241 e. The van der Waals surface area contributed by atoms with Crippen LogP contribution < -0.4 is 14.8 Å². The molecule has 0 aliphatic carbocycles. The molecular weight excluding hydrogens is 310 g/mol. The predicted octanol–water partition coefficient (Wildman–Crippen LogP) is 0.544. The number of nitrogens with zero attached hydrogens (tertiary/aromatic N) is 4. The Morgan fingerprint density at radius 3 is 2.75 bits per heavy atom. The molecule has 0 bridgehead atoms. The van der Waals surface area contributed by atoms with E-state index in [-0.39, 0.29) is 19.1 Å². The number of amides is 1. The van der Waals surface area contributed by atoms with E-state index in [1.54, 1.807) is 13.3 Å². The number of likely N-dealkylation sites (N-methyl/N-ethyl adjacent to an activating group) is 1. The molecule has 0 aliphatic heterocycles. The number of nitrogens with one attached hydrogen (secondary N) is 1. The topological polar surface area (TPSA) is 81.5 Å². The van der Waals surface area contributed by atoms with Gasteiger partial charge in [-0.15, -0.1) is 5.10 Å². The van der Waals surface area contributed by atoms with Gasteiger partial charge >= 0.3 is 0 Å². The number of hydrogen-bond donors (Lipinski definition) is 1. The number of para-hydroxylation sites is 2. The van der Waals surface area contributed by atoms with Crippen LogP contribution in [0.1, 0.15) is 5.69 Å². The highest BCUT2D eigenvalue weighted by Crippen LogP contribution is 2.26. The number of methoxy groups -OCH3 is 1. The van der Waals surface area contributed by atoms with E-state index >= 15 is 0 Å². The molecule has 1 heterocycles. The van der Waals surface area contributed by atoms with Crippen molar-refractivity contribution in [3.63, 3.8) is 0 Å². The van der Waals surface area contributed by atoms with Crippen LogP contribution in [0, 0.1) is 0 Å². The van der Waals surface area contributed by atoms with Gasteiger partial charge in [0.2, 0.25) is 5.91 Å². The molecule has 0 spiro atoms. The second kappa shape index (κ2) is 8.88. The van der Waals surface area contributed by atoms with E-state index in [9.17, 15) is 4.79 Å². The summed E-state index contributed by atoms with van der Waals surface area (Å²) in [7, 11) is 5.50. The molecule has 0 saturated carbocycles. The fraction of sp³-hybridized carbons (Fsp3) is 0.438. The first-order valence-electron chi connectivity index (χ1n) is 7.64. The van der Waals surface area contributed by atoms with Crippen molar-refractivity contribution in [2.75, 3.05) is 34.3 Å². The van der Waals surface area contributed by atoms with Crippen molar-refractivity contribution in [3.8, 4) is 11.5 Å². The number of carbonyl (C=O) groups is 1. The highest BCUT2D eigenvalue weighted by atomic mass is 16.5. The molecule has 130 valence electrons. The fourth-order valence-corrected chi connectivity index (χ4v) is 1.99. The summed E-state index contributed by atoms with van der Waals surface area (Å²) >= 11 is 0. The summed E-state index contributed by atoms with van der Waals surface area (Å²) in [6, 6.07) is 7.38. The Morgan fingerprint density at radius 1 is 1.29 bits per heavy atom. The molecule has 0 fully saturated rings. The first-order chi connectivity index (χ1) is 11.6. The van der Waals surface area contributed by atoms with Crippen LogP contribution in [0.3, 0.4) is 0 Å². The van der Waals surface area contributed by atoms with E-state index in [2.05, 4.69) is 15.6 Å². The van der Waals surface area contributed by atoms with Crippen LogP contribution in [0.15, 0.2) is 30.5 Å². The number of aromatic nitrogens is 3. The number of hydrogen-bond acceptors (Lipinski definition) is 6.